The molecule has 1 saturated carbocycles. The second kappa shape index (κ2) is 11.9. The van der Waals surface area contributed by atoms with Crippen molar-refractivity contribution < 1.29 is 14.0 Å². The average Bonchev–Trinajstić information content (AvgIpc) is 3.64. The summed E-state index contributed by atoms with van der Waals surface area (Å²) in [7, 11) is 0. The van der Waals surface area contributed by atoms with Gasteiger partial charge in [0.05, 0.1) is 5.71 Å². The number of ketones is 1. The number of rotatable bonds is 8. The first-order chi connectivity index (χ1) is 18.0. The summed E-state index contributed by atoms with van der Waals surface area (Å²) in [6, 6.07) is 7.13. The Balaban J connectivity index is 1.29. The van der Waals surface area contributed by atoms with Crippen LogP contribution in [0.4, 0.5) is 4.39 Å². The maximum absolute atomic E-state index is 13.9. The Bertz CT molecular complexity index is 1010. The van der Waals surface area contributed by atoms with Gasteiger partial charge >= 0.3 is 0 Å². The normalized spacial score (nSPS) is 29.4. The zero-order valence-electron chi connectivity index (χ0n) is 21.6. The second-order valence-electron chi connectivity index (χ2n) is 11.1. The van der Waals surface area contributed by atoms with E-state index < -0.39 is 18.8 Å². The number of carbonyl (C=O) groups is 2. The van der Waals surface area contributed by atoms with Crippen molar-refractivity contribution in [3.8, 4) is 0 Å². The summed E-state index contributed by atoms with van der Waals surface area (Å²) in [5.41, 5.74) is 8.68. The summed E-state index contributed by atoms with van der Waals surface area (Å²) < 4.78 is 13.1. The molecule has 1 aromatic carbocycles. The highest BCUT2D eigenvalue weighted by Crippen LogP contribution is 2.35. The van der Waals surface area contributed by atoms with Gasteiger partial charge in [0.2, 0.25) is 5.91 Å². The molecule has 5 rings (SSSR count). The number of carbonyl (C=O) groups excluding carboxylic acids is 2. The molecule has 3 heterocycles. The molecule has 1 aromatic rings. The molecule has 3 atom stereocenters. The standard InChI is InChI=1S/C28H39FN6O2/c29-17-23(30)20-8-10-22(11-9-20)28(37)35-15-12-25(34-13-2-1-3-14-34)27(35)26(36)16-19-4-6-21(7-5-19)24-18-31-33-32-24/h4-7,20,22-23,25,27H,1-3,8-18,30H2/t20?,22?,23-,25-,27+/m1/s1. The fourth-order valence-electron chi connectivity index (χ4n) is 6.68. The summed E-state index contributed by atoms with van der Waals surface area (Å²) in [6.07, 6.45) is 7.69. The molecule has 3 fully saturated rings. The number of hydrogen-bond donors (Lipinski definition) is 1. The summed E-state index contributed by atoms with van der Waals surface area (Å²) >= 11 is 0. The van der Waals surface area contributed by atoms with Crippen LogP contribution in [0.25, 0.3) is 0 Å². The summed E-state index contributed by atoms with van der Waals surface area (Å²) in [5, 5.41) is 11.6. The predicted octanol–water partition coefficient (Wildman–Crippen LogP) is 3.53. The molecule has 0 unspecified atom stereocenters. The number of likely N-dealkylation sites (tertiary alicyclic amines) is 2. The first-order valence-corrected chi connectivity index (χ1v) is 14.0. The van der Waals surface area contributed by atoms with Crippen molar-refractivity contribution in [2.24, 2.45) is 33.0 Å². The van der Waals surface area contributed by atoms with Crippen molar-refractivity contribution in [1.82, 2.24) is 9.80 Å². The van der Waals surface area contributed by atoms with E-state index in [2.05, 4.69) is 20.3 Å². The molecule has 0 bridgehead atoms. The highest BCUT2D eigenvalue weighted by Gasteiger charge is 2.46. The van der Waals surface area contributed by atoms with Crippen molar-refractivity contribution in [2.45, 2.75) is 75.9 Å². The van der Waals surface area contributed by atoms with Crippen LogP contribution in [-0.4, -0.2) is 78.2 Å². The number of nitrogens with zero attached hydrogens (tertiary/aromatic N) is 5. The molecule has 2 N–H and O–H groups in total. The van der Waals surface area contributed by atoms with Gasteiger partial charge in [-0.05, 0) is 80.3 Å². The van der Waals surface area contributed by atoms with E-state index in [1.54, 1.807) is 0 Å². The Morgan fingerprint density at radius 2 is 1.73 bits per heavy atom. The molecule has 0 radical (unpaired) electrons. The zero-order valence-corrected chi connectivity index (χ0v) is 21.6. The first kappa shape index (κ1) is 26.1. The average molecular weight is 511 g/mol. The Morgan fingerprint density at radius 1 is 1.00 bits per heavy atom. The molecular weight excluding hydrogens is 471 g/mol. The zero-order chi connectivity index (χ0) is 25.8. The minimum atomic E-state index is -0.511. The molecule has 200 valence electrons. The van der Waals surface area contributed by atoms with E-state index in [-0.39, 0.29) is 29.6 Å². The molecule has 0 spiro atoms. The van der Waals surface area contributed by atoms with E-state index in [9.17, 15) is 14.0 Å². The smallest absolute Gasteiger partial charge is 0.226 e. The number of alkyl halides is 1. The lowest BCUT2D eigenvalue weighted by Gasteiger charge is -2.38. The van der Waals surface area contributed by atoms with Gasteiger partial charge in [0, 0.05) is 31.0 Å². The van der Waals surface area contributed by atoms with Gasteiger partial charge in [-0.3, -0.25) is 14.5 Å². The van der Waals surface area contributed by atoms with Crippen molar-refractivity contribution in [2.75, 3.05) is 32.9 Å². The molecule has 3 aliphatic heterocycles. The van der Waals surface area contributed by atoms with Gasteiger partial charge in [0.15, 0.2) is 5.78 Å². The maximum atomic E-state index is 13.9. The summed E-state index contributed by atoms with van der Waals surface area (Å²) in [6.45, 7) is 2.59. The molecule has 2 saturated heterocycles. The molecule has 8 nitrogen and oxygen atoms in total. The van der Waals surface area contributed by atoms with Crippen molar-refractivity contribution >= 4 is 17.4 Å². The van der Waals surface area contributed by atoms with Crippen LogP contribution in [0.5, 0.6) is 0 Å². The van der Waals surface area contributed by atoms with Crippen molar-refractivity contribution in [3.05, 3.63) is 35.4 Å². The van der Waals surface area contributed by atoms with Crippen LogP contribution in [0.2, 0.25) is 0 Å². The van der Waals surface area contributed by atoms with Crippen LogP contribution in [0, 0.1) is 11.8 Å². The van der Waals surface area contributed by atoms with Gasteiger partial charge in [-0.15, -0.1) is 5.10 Å². The first-order valence-electron chi connectivity index (χ1n) is 14.0. The fraction of sp³-hybridized carbons (Fsp3) is 0.679. The quantitative estimate of drug-likeness (QED) is 0.578. The highest BCUT2D eigenvalue weighted by molar-refractivity contribution is 6.02. The van der Waals surface area contributed by atoms with E-state index in [1.165, 1.54) is 6.42 Å². The van der Waals surface area contributed by atoms with Gasteiger partial charge in [0.1, 0.15) is 19.3 Å². The molecule has 0 aromatic heterocycles. The predicted molar refractivity (Wildman–Crippen MR) is 140 cm³/mol. The maximum Gasteiger partial charge on any atom is 0.226 e. The number of benzene rings is 1. The summed E-state index contributed by atoms with van der Waals surface area (Å²) in [4.78, 5) is 32.0. The largest absolute Gasteiger partial charge is 0.331 e. The number of piperidine rings is 1. The molecule has 4 aliphatic rings. The van der Waals surface area contributed by atoms with Crippen LogP contribution in [0.15, 0.2) is 39.7 Å². The number of hydrogen-bond acceptors (Lipinski definition) is 7. The molecular formula is C28H39FN6O2. The lowest BCUT2D eigenvalue weighted by molar-refractivity contribution is -0.143. The molecule has 1 aliphatic carbocycles. The second-order valence-corrected chi connectivity index (χ2v) is 11.1. The Labute approximate surface area is 218 Å². The topological polar surface area (TPSA) is 104 Å². The van der Waals surface area contributed by atoms with Crippen LogP contribution < -0.4 is 5.73 Å². The van der Waals surface area contributed by atoms with Gasteiger partial charge < -0.3 is 10.6 Å². The summed E-state index contributed by atoms with van der Waals surface area (Å²) in [5.74, 6) is 0.269. The Hall–Kier alpha value is -2.52. The molecule has 37 heavy (non-hydrogen) atoms. The van der Waals surface area contributed by atoms with Crippen LogP contribution >= 0.6 is 0 Å². The van der Waals surface area contributed by atoms with Gasteiger partial charge in [-0.25, -0.2) is 4.39 Å². The number of amides is 1. The number of Topliss-reactive ketones (excluding diaryl/α,β-unsaturated/α-hetero) is 1. The van der Waals surface area contributed by atoms with Crippen molar-refractivity contribution in [1.29, 1.82) is 0 Å². The highest BCUT2D eigenvalue weighted by atomic mass is 19.1. The number of nitrogens with two attached hydrogens (primary N) is 1. The monoisotopic (exact) mass is 510 g/mol. The van der Waals surface area contributed by atoms with Crippen LogP contribution in [0.1, 0.15) is 62.5 Å². The van der Waals surface area contributed by atoms with Crippen LogP contribution in [-0.2, 0) is 16.0 Å². The minimum absolute atomic E-state index is 0.0865. The van der Waals surface area contributed by atoms with E-state index in [1.807, 2.05) is 29.2 Å². The van der Waals surface area contributed by atoms with E-state index in [0.29, 0.717) is 19.5 Å². The minimum Gasteiger partial charge on any atom is -0.331 e. The van der Waals surface area contributed by atoms with E-state index >= 15 is 0 Å². The Kier molecular flexibility index (Phi) is 8.39. The van der Waals surface area contributed by atoms with Gasteiger partial charge in [-0.1, -0.05) is 30.7 Å². The van der Waals surface area contributed by atoms with E-state index in [4.69, 9.17) is 5.73 Å². The SMILES string of the molecule is N[C@H](CF)C1CCC(C(=O)N2CC[C@@H](N3CCCCC3)[C@H]2C(=O)Cc2ccc(C3=NN=NC3)cc2)CC1. The third-order valence-corrected chi connectivity index (χ3v) is 8.86. The lowest BCUT2D eigenvalue weighted by atomic mass is 9.78. The van der Waals surface area contributed by atoms with Crippen molar-refractivity contribution in [3.63, 3.8) is 0 Å². The molecule has 9 heteroatoms. The van der Waals surface area contributed by atoms with Gasteiger partial charge in [0.25, 0.3) is 0 Å². The van der Waals surface area contributed by atoms with Gasteiger partial charge in [-0.2, -0.15) is 5.11 Å². The van der Waals surface area contributed by atoms with E-state index in [0.717, 1.165) is 74.9 Å². The molecule has 1 amide bonds. The lowest BCUT2D eigenvalue weighted by Crippen LogP contribution is -2.54. The van der Waals surface area contributed by atoms with Crippen LogP contribution in [0.3, 0.4) is 0 Å². The fourth-order valence-corrected chi connectivity index (χ4v) is 6.68. The Morgan fingerprint density at radius 3 is 2.38 bits per heavy atom. The number of halogens is 1. The third-order valence-electron chi connectivity index (χ3n) is 8.86. The third kappa shape index (κ3) is 5.82.